The zero-order valence-corrected chi connectivity index (χ0v) is 19.3. The second-order valence-electron chi connectivity index (χ2n) is 6.77. The smallest absolute Gasteiger partial charge is 0.346 e. The monoisotopic (exact) mass is 470 g/mol. The third-order valence-electron chi connectivity index (χ3n) is 4.61. The molecule has 0 radical (unpaired) electrons. The standard InChI is InChI=1S/C20H26N2O7S2/c1-4-28-16-12-15(22-6-8-27-9-7-22)17(29-5-2)11-14(16)21-31(25,26)18-10-13(3)19(30-18)20(23)24/h10-12,21H,4-9H2,1-3H3,(H,23,24). The highest BCUT2D eigenvalue weighted by Crippen LogP contribution is 2.40. The molecule has 2 heterocycles. The summed E-state index contributed by atoms with van der Waals surface area (Å²) in [5.74, 6) is -0.269. The lowest BCUT2D eigenvalue weighted by Gasteiger charge is -2.31. The van der Waals surface area contributed by atoms with Gasteiger partial charge in [-0.05, 0) is 32.4 Å². The summed E-state index contributed by atoms with van der Waals surface area (Å²) in [5.41, 5.74) is 1.42. The highest BCUT2D eigenvalue weighted by atomic mass is 32.2. The fourth-order valence-electron chi connectivity index (χ4n) is 3.22. The number of ether oxygens (including phenoxy) is 3. The summed E-state index contributed by atoms with van der Waals surface area (Å²) >= 11 is 0.709. The van der Waals surface area contributed by atoms with Crippen molar-refractivity contribution in [2.24, 2.45) is 0 Å². The van der Waals surface area contributed by atoms with Crippen LogP contribution in [0.5, 0.6) is 11.5 Å². The molecule has 0 amide bonds. The van der Waals surface area contributed by atoms with Gasteiger partial charge in [-0.15, -0.1) is 11.3 Å². The number of anilines is 2. The van der Waals surface area contributed by atoms with Gasteiger partial charge in [0.15, 0.2) is 0 Å². The molecule has 0 bridgehead atoms. The van der Waals surface area contributed by atoms with E-state index in [-0.39, 0.29) is 14.8 Å². The SMILES string of the molecule is CCOc1cc(N2CCOCC2)c(OCC)cc1NS(=O)(=O)c1cc(C)c(C(=O)O)s1. The Balaban J connectivity index is 2.01. The first-order valence-electron chi connectivity index (χ1n) is 9.89. The van der Waals surface area contributed by atoms with Crippen LogP contribution in [0.3, 0.4) is 0 Å². The van der Waals surface area contributed by atoms with E-state index in [0.717, 1.165) is 5.69 Å². The van der Waals surface area contributed by atoms with Gasteiger partial charge in [-0.1, -0.05) is 0 Å². The predicted octanol–water partition coefficient (Wildman–Crippen LogP) is 3.19. The molecule has 0 aliphatic carbocycles. The van der Waals surface area contributed by atoms with Crippen molar-refractivity contribution in [3.8, 4) is 11.5 Å². The molecule has 1 saturated heterocycles. The Morgan fingerprint density at radius 3 is 2.39 bits per heavy atom. The van der Waals surface area contributed by atoms with Gasteiger partial charge in [-0.2, -0.15) is 0 Å². The largest absolute Gasteiger partial charge is 0.492 e. The van der Waals surface area contributed by atoms with Crippen LogP contribution in [-0.2, 0) is 14.8 Å². The highest BCUT2D eigenvalue weighted by Gasteiger charge is 2.25. The number of nitrogens with one attached hydrogen (secondary N) is 1. The number of nitrogens with zero attached hydrogens (tertiary/aromatic N) is 1. The molecular weight excluding hydrogens is 444 g/mol. The molecule has 1 aromatic heterocycles. The Hall–Kier alpha value is -2.50. The molecule has 0 spiro atoms. The van der Waals surface area contributed by atoms with Crippen molar-refractivity contribution < 1.29 is 32.5 Å². The summed E-state index contributed by atoms with van der Waals surface area (Å²) in [7, 11) is -4.02. The average Bonchev–Trinajstić information content (AvgIpc) is 3.13. The quantitative estimate of drug-likeness (QED) is 0.574. The van der Waals surface area contributed by atoms with Crippen molar-refractivity contribution in [1.29, 1.82) is 0 Å². The number of aryl methyl sites for hydroxylation is 1. The van der Waals surface area contributed by atoms with Crippen LogP contribution in [0.4, 0.5) is 11.4 Å². The Labute approximate surface area is 185 Å². The number of thiophene rings is 1. The lowest BCUT2D eigenvalue weighted by atomic mass is 10.2. The van der Waals surface area contributed by atoms with E-state index in [1.165, 1.54) is 6.07 Å². The van der Waals surface area contributed by atoms with Crippen molar-refractivity contribution in [3.05, 3.63) is 28.6 Å². The van der Waals surface area contributed by atoms with Gasteiger partial charge in [0.2, 0.25) is 0 Å². The third-order valence-corrected chi connectivity index (χ3v) is 7.68. The number of benzene rings is 1. The number of carboxylic acids is 1. The van der Waals surface area contributed by atoms with Crippen LogP contribution in [0.2, 0.25) is 0 Å². The number of morpholine rings is 1. The van der Waals surface area contributed by atoms with Gasteiger partial charge in [0.05, 0.1) is 37.8 Å². The third kappa shape index (κ3) is 5.23. The maximum atomic E-state index is 13.0. The van der Waals surface area contributed by atoms with E-state index in [1.54, 1.807) is 19.1 Å². The van der Waals surface area contributed by atoms with Gasteiger partial charge >= 0.3 is 5.97 Å². The van der Waals surface area contributed by atoms with Crippen molar-refractivity contribution in [2.45, 2.75) is 25.0 Å². The van der Waals surface area contributed by atoms with Gasteiger partial charge in [-0.3, -0.25) is 4.72 Å². The minimum Gasteiger partial charge on any atom is -0.492 e. The minimum absolute atomic E-state index is 0.0110. The summed E-state index contributed by atoms with van der Waals surface area (Å²) in [6.45, 7) is 8.52. The zero-order chi connectivity index (χ0) is 22.6. The maximum absolute atomic E-state index is 13.0. The van der Waals surface area contributed by atoms with E-state index in [4.69, 9.17) is 14.2 Å². The average molecular weight is 471 g/mol. The van der Waals surface area contributed by atoms with Gasteiger partial charge in [0.1, 0.15) is 20.6 Å². The number of hydrogen-bond donors (Lipinski definition) is 2. The number of carboxylic acid groups (broad SMARTS) is 1. The molecule has 3 rings (SSSR count). The molecule has 0 saturated carbocycles. The van der Waals surface area contributed by atoms with Crippen LogP contribution < -0.4 is 19.1 Å². The van der Waals surface area contributed by atoms with Crippen molar-refractivity contribution in [1.82, 2.24) is 0 Å². The van der Waals surface area contributed by atoms with Crippen LogP contribution in [0, 0.1) is 6.92 Å². The molecule has 1 aliphatic heterocycles. The van der Waals surface area contributed by atoms with Crippen LogP contribution in [-0.4, -0.2) is 59.0 Å². The Bertz CT molecular complexity index is 1040. The summed E-state index contributed by atoms with van der Waals surface area (Å²) in [5, 5.41) is 9.24. The first kappa shape index (κ1) is 23.2. The van der Waals surface area contributed by atoms with E-state index >= 15 is 0 Å². The number of sulfonamides is 1. The number of carbonyl (C=O) groups is 1. The van der Waals surface area contributed by atoms with Gasteiger partial charge < -0.3 is 24.2 Å². The normalized spacial score (nSPS) is 14.4. The zero-order valence-electron chi connectivity index (χ0n) is 17.6. The van der Waals surface area contributed by atoms with E-state index < -0.39 is 16.0 Å². The Morgan fingerprint density at radius 1 is 1.16 bits per heavy atom. The van der Waals surface area contributed by atoms with Gasteiger partial charge in [0, 0.05) is 25.2 Å². The fraction of sp³-hybridized carbons (Fsp3) is 0.450. The predicted molar refractivity (Wildman–Crippen MR) is 119 cm³/mol. The first-order valence-corrected chi connectivity index (χ1v) is 12.2. The summed E-state index contributed by atoms with van der Waals surface area (Å²) in [6, 6.07) is 4.72. The number of rotatable bonds is 9. The lowest BCUT2D eigenvalue weighted by Crippen LogP contribution is -2.36. The maximum Gasteiger partial charge on any atom is 0.346 e. The summed E-state index contributed by atoms with van der Waals surface area (Å²) in [6.07, 6.45) is 0. The van der Waals surface area contributed by atoms with Gasteiger partial charge in [0.25, 0.3) is 10.0 Å². The number of aromatic carboxylic acids is 1. The van der Waals surface area contributed by atoms with E-state index in [2.05, 4.69) is 9.62 Å². The van der Waals surface area contributed by atoms with E-state index in [9.17, 15) is 18.3 Å². The molecule has 1 fully saturated rings. The number of hydrogen-bond acceptors (Lipinski definition) is 8. The first-order chi connectivity index (χ1) is 14.8. The molecule has 11 heteroatoms. The van der Waals surface area contributed by atoms with Crippen LogP contribution in [0.1, 0.15) is 29.1 Å². The van der Waals surface area contributed by atoms with Crippen LogP contribution in [0.15, 0.2) is 22.4 Å². The van der Waals surface area contributed by atoms with E-state index in [0.29, 0.717) is 67.9 Å². The molecule has 170 valence electrons. The topological polar surface area (TPSA) is 114 Å². The Morgan fingerprint density at radius 2 is 1.81 bits per heavy atom. The molecule has 0 atom stereocenters. The summed E-state index contributed by atoms with van der Waals surface area (Å²) in [4.78, 5) is 13.4. The molecular formula is C20H26N2O7S2. The van der Waals surface area contributed by atoms with Crippen molar-refractivity contribution in [2.75, 3.05) is 49.1 Å². The molecule has 2 N–H and O–H groups in total. The molecule has 9 nitrogen and oxygen atoms in total. The fourth-order valence-corrected chi connectivity index (χ4v) is 5.66. The minimum atomic E-state index is -4.02. The Kier molecular flexibility index (Phi) is 7.29. The molecule has 0 unspecified atom stereocenters. The van der Waals surface area contributed by atoms with Crippen LogP contribution in [0.25, 0.3) is 0 Å². The molecule has 1 aromatic carbocycles. The second-order valence-corrected chi connectivity index (χ2v) is 9.73. The second kappa shape index (κ2) is 9.75. The van der Waals surface area contributed by atoms with Gasteiger partial charge in [-0.25, -0.2) is 13.2 Å². The highest BCUT2D eigenvalue weighted by molar-refractivity contribution is 7.94. The van der Waals surface area contributed by atoms with Crippen molar-refractivity contribution >= 4 is 38.7 Å². The van der Waals surface area contributed by atoms with Crippen LogP contribution >= 0.6 is 11.3 Å². The molecule has 1 aliphatic rings. The van der Waals surface area contributed by atoms with Crippen molar-refractivity contribution in [3.63, 3.8) is 0 Å². The van der Waals surface area contributed by atoms with E-state index in [1.807, 2.05) is 13.8 Å². The lowest BCUT2D eigenvalue weighted by molar-refractivity contribution is 0.0701. The summed E-state index contributed by atoms with van der Waals surface area (Å²) < 4.78 is 45.4. The molecule has 2 aromatic rings. The molecule has 31 heavy (non-hydrogen) atoms.